The van der Waals surface area contributed by atoms with Crippen LogP contribution in [-0.2, 0) is 4.74 Å². The van der Waals surface area contributed by atoms with E-state index in [0.29, 0.717) is 18.2 Å². The van der Waals surface area contributed by atoms with E-state index in [-0.39, 0.29) is 18.1 Å². The third kappa shape index (κ3) is 4.16. The normalized spacial score (nSPS) is 18.3. The Bertz CT molecular complexity index is 470. The number of hydrogen-bond acceptors (Lipinski definition) is 5. The monoisotopic (exact) mass is 278 g/mol. The average Bonchev–Trinajstić information content (AvgIpc) is 2.87. The molecule has 1 aromatic rings. The summed E-state index contributed by atoms with van der Waals surface area (Å²) in [5.74, 6) is 0.306. The van der Waals surface area contributed by atoms with Gasteiger partial charge in [-0.1, -0.05) is 0 Å². The number of nitrogens with one attached hydrogen (secondary N) is 2. The second-order valence-corrected chi connectivity index (χ2v) is 5.36. The fourth-order valence-corrected chi connectivity index (χ4v) is 2.11. The number of carbonyl (C=O) groups is 1. The maximum Gasteiger partial charge on any atom is 0.270 e. The summed E-state index contributed by atoms with van der Waals surface area (Å²) in [5.41, 5.74) is 1.16. The Labute approximate surface area is 119 Å². The zero-order valence-corrected chi connectivity index (χ0v) is 12.3. The lowest BCUT2D eigenvalue weighted by Crippen LogP contribution is -2.32. The number of nitrogens with zero attached hydrogens (tertiary/aromatic N) is 2. The molecule has 6 heteroatoms. The number of rotatable bonds is 5. The molecule has 1 aliphatic heterocycles. The number of ether oxygens (including phenoxy) is 1. The Morgan fingerprint density at radius 3 is 2.95 bits per heavy atom. The van der Waals surface area contributed by atoms with E-state index in [1.807, 2.05) is 20.8 Å². The highest BCUT2D eigenvalue weighted by atomic mass is 16.5. The summed E-state index contributed by atoms with van der Waals surface area (Å²) >= 11 is 0. The van der Waals surface area contributed by atoms with E-state index in [1.165, 1.54) is 0 Å². The molecule has 20 heavy (non-hydrogen) atoms. The van der Waals surface area contributed by atoms with Gasteiger partial charge in [-0.2, -0.15) is 0 Å². The average molecular weight is 278 g/mol. The number of aryl methyl sites for hydroxylation is 1. The largest absolute Gasteiger partial charge is 0.376 e. The Hall–Kier alpha value is -1.69. The molecule has 0 spiro atoms. The van der Waals surface area contributed by atoms with E-state index in [1.54, 1.807) is 6.07 Å². The van der Waals surface area contributed by atoms with E-state index >= 15 is 0 Å². The molecule has 1 atom stereocenters. The summed E-state index contributed by atoms with van der Waals surface area (Å²) in [5, 5.41) is 5.98. The highest BCUT2D eigenvalue weighted by Crippen LogP contribution is 2.11. The predicted molar refractivity (Wildman–Crippen MR) is 76.8 cm³/mol. The third-order valence-electron chi connectivity index (χ3n) is 3.02. The molecule has 0 bridgehead atoms. The maximum atomic E-state index is 12.1. The molecule has 1 aliphatic rings. The first-order chi connectivity index (χ1) is 9.54. The number of hydrogen-bond donors (Lipinski definition) is 2. The highest BCUT2D eigenvalue weighted by Gasteiger charge is 2.17. The van der Waals surface area contributed by atoms with Crippen LogP contribution < -0.4 is 10.6 Å². The Morgan fingerprint density at radius 2 is 2.30 bits per heavy atom. The van der Waals surface area contributed by atoms with Crippen LogP contribution in [0.2, 0.25) is 0 Å². The minimum absolute atomic E-state index is 0.134. The molecule has 1 unspecified atom stereocenters. The van der Waals surface area contributed by atoms with Crippen molar-refractivity contribution < 1.29 is 9.53 Å². The third-order valence-corrected chi connectivity index (χ3v) is 3.02. The Kier molecular flexibility index (Phi) is 4.89. The molecule has 1 aromatic heterocycles. The van der Waals surface area contributed by atoms with E-state index in [4.69, 9.17) is 4.74 Å². The van der Waals surface area contributed by atoms with Crippen LogP contribution in [0, 0.1) is 6.92 Å². The number of amides is 1. The minimum Gasteiger partial charge on any atom is -0.376 e. The summed E-state index contributed by atoms with van der Waals surface area (Å²) in [4.78, 5) is 20.6. The summed E-state index contributed by atoms with van der Waals surface area (Å²) in [6.45, 7) is 7.18. The van der Waals surface area contributed by atoms with Crippen molar-refractivity contribution >= 4 is 11.9 Å². The topological polar surface area (TPSA) is 76.1 Å². The quantitative estimate of drug-likeness (QED) is 0.854. The lowest BCUT2D eigenvalue weighted by Gasteiger charge is -2.12. The van der Waals surface area contributed by atoms with E-state index in [0.717, 1.165) is 25.1 Å². The van der Waals surface area contributed by atoms with E-state index < -0.39 is 0 Å². The van der Waals surface area contributed by atoms with Gasteiger partial charge in [-0.25, -0.2) is 9.97 Å². The SMILES string of the molecule is Cc1cc(C(=O)NCC2CCCO2)nc(NC(C)C)n1. The van der Waals surface area contributed by atoms with Crippen LogP contribution in [-0.4, -0.2) is 41.2 Å². The number of anilines is 1. The van der Waals surface area contributed by atoms with Gasteiger partial charge in [0.2, 0.25) is 5.95 Å². The van der Waals surface area contributed by atoms with Crippen LogP contribution in [0.5, 0.6) is 0 Å². The molecular weight excluding hydrogens is 256 g/mol. The Morgan fingerprint density at radius 1 is 1.50 bits per heavy atom. The second-order valence-electron chi connectivity index (χ2n) is 5.36. The van der Waals surface area contributed by atoms with Crippen molar-refractivity contribution in [3.63, 3.8) is 0 Å². The van der Waals surface area contributed by atoms with Crippen LogP contribution in [0.25, 0.3) is 0 Å². The fraction of sp³-hybridized carbons (Fsp3) is 0.643. The molecule has 1 amide bonds. The van der Waals surface area contributed by atoms with Crippen molar-refractivity contribution in [2.75, 3.05) is 18.5 Å². The smallest absolute Gasteiger partial charge is 0.270 e. The van der Waals surface area contributed by atoms with Gasteiger partial charge in [-0.3, -0.25) is 4.79 Å². The lowest BCUT2D eigenvalue weighted by molar-refractivity contribution is 0.0853. The summed E-state index contributed by atoms with van der Waals surface area (Å²) in [6.07, 6.45) is 2.20. The zero-order valence-electron chi connectivity index (χ0n) is 12.3. The van der Waals surface area contributed by atoms with E-state index in [2.05, 4.69) is 20.6 Å². The standard InChI is InChI=1S/C14H22N4O2/c1-9(2)16-14-17-10(3)7-12(18-14)13(19)15-8-11-5-4-6-20-11/h7,9,11H,4-6,8H2,1-3H3,(H,15,19)(H,16,17,18). The molecule has 1 saturated heterocycles. The van der Waals surface area contributed by atoms with Gasteiger partial charge < -0.3 is 15.4 Å². The molecule has 0 saturated carbocycles. The molecule has 2 heterocycles. The Balaban J connectivity index is 1.99. The predicted octanol–water partition coefficient (Wildman–Crippen LogP) is 1.51. The van der Waals surface area contributed by atoms with Gasteiger partial charge in [0.1, 0.15) is 5.69 Å². The molecule has 0 radical (unpaired) electrons. The van der Waals surface area contributed by atoms with Crippen LogP contribution in [0.15, 0.2) is 6.07 Å². The van der Waals surface area contributed by atoms with Crippen molar-refractivity contribution in [2.45, 2.75) is 45.8 Å². The van der Waals surface area contributed by atoms with Gasteiger partial charge >= 0.3 is 0 Å². The van der Waals surface area contributed by atoms with Crippen molar-refractivity contribution in [3.05, 3.63) is 17.5 Å². The van der Waals surface area contributed by atoms with Gasteiger partial charge in [-0.05, 0) is 39.7 Å². The summed E-state index contributed by atoms with van der Waals surface area (Å²) < 4.78 is 5.48. The van der Waals surface area contributed by atoms with Gasteiger partial charge in [0.25, 0.3) is 5.91 Å². The van der Waals surface area contributed by atoms with Crippen LogP contribution in [0.3, 0.4) is 0 Å². The summed E-state index contributed by atoms with van der Waals surface area (Å²) in [7, 11) is 0. The molecule has 0 aliphatic carbocycles. The van der Waals surface area contributed by atoms with Gasteiger partial charge in [0.05, 0.1) is 6.10 Å². The van der Waals surface area contributed by atoms with Crippen molar-refractivity contribution in [1.82, 2.24) is 15.3 Å². The highest BCUT2D eigenvalue weighted by molar-refractivity contribution is 5.92. The first kappa shape index (κ1) is 14.7. The van der Waals surface area contributed by atoms with Crippen LogP contribution in [0.4, 0.5) is 5.95 Å². The first-order valence-electron chi connectivity index (χ1n) is 7.06. The molecule has 0 aromatic carbocycles. The summed E-state index contributed by atoms with van der Waals surface area (Å²) in [6, 6.07) is 1.91. The molecular formula is C14H22N4O2. The maximum absolute atomic E-state index is 12.1. The van der Waals surface area contributed by atoms with Gasteiger partial charge in [-0.15, -0.1) is 0 Å². The number of carbonyl (C=O) groups excluding carboxylic acids is 1. The van der Waals surface area contributed by atoms with Crippen LogP contribution in [0.1, 0.15) is 42.9 Å². The molecule has 2 N–H and O–H groups in total. The molecule has 6 nitrogen and oxygen atoms in total. The van der Waals surface area contributed by atoms with Crippen molar-refractivity contribution in [3.8, 4) is 0 Å². The van der Waals surface area contributed by atoms with E-state index in [9.17, 15) is 4.79 Å². The van der Waals surface area contributed by atoms with Crippen molar-refractivity contribution in [1.29, 1.82) is 0 Å². The van der Waals surface area contributed by atoms with Crippen molar-refractivity contribution in [2.24, 2.45) is 0 Å². The van der Waals surface area contributed by atoms with Crippen LogP contribution >= 0.6 is 0 Å². The second kappa shape index (κ2) is 6.65. The lowest BCUT2D eigenvalue weighted by atomic mass is 10.2. The fourth-order valence-electron chi connectivity index (χ4n) is 2.11. The first-order valence-corrected chi connectivity index (χ1v) is 7.06. The molecule has 2 rings (SSSR count). The van der Waals surface area contributed by atoms with Gasteiger partial charge in [0.15, 0.2) is 0 Å². The minimum atomic E-state index is -0.183. The number of aromatic nitrogens is 2. The van der Waals surface area contributed by atoms with Gasteiger partial charge in [0, 0.05) is 24.9 Å². The molecule has 1 fully saturated rings. The molecule has 110 valence electrons. The zero-order chi connectivity index (χ0) is 14.5.